The lowest BCUT2D eigenvalue weighted by Gasteiger charge is -2.16. The average Bonchev–Trinajstić information content (AvgIpc) is 2.47. The molecule has 0 N–H and O–H groups in total. The number of nitrogens with zero attached hydrogens (tertiary/aromatic N) is 1. The van der Waals surface area contributed by atoms with E-state index in [2.05, 4.69) is 50.3 Å². The Hall–Kier alpha value is -0.890. The summed E-state index contributed by atoms with van der Waals surface area (Å²) in [5, 5.41) is 1.35. The minimum Gasteiger partial charge on any atom is -0.196 e. The second kappa shape index (κ2) is 3.06. The van der Waals surface area contributed by atoms with E-state index in [1.165, 1.54) is 21.3 Å². The molecule has 0 saturated heterocycles. The fourth-order valence-electron chi connectivity index (χ4n) is 1.67. The topological polar surface area (TPSA) is 12.9 Å². The largest absolute Gasteiger partial charge is 0.196 e. The van der Waals surface area contributed by atoms with Crippen molar-refractivity contribution in [2.45, 2.75) is 33.1 Å². The van der Waals surface area contributed by atoms with Crippen molar-refractivity contribution in [3.05, 3.63) is 29.5 Å². The first-order chi connectivity index (χ1) is 6.50. The molecule has 0 amide bonds. The fraction of sp³-hybridized carbons (Fsp3) is 0.417. The van der Waals surface area contributed by atoms with Crippen molar-refractivity contribution in [2.24, 2.45) is 0 Å². The average molecular weight is 205 g/mol. The van der Waals surface area contributed by atoms with Crippen LogP contribution in [0.15, 0.2) is 18.2 Å². The molecule has 0 atom stereocenters. The number of aryl methyl sites for hydroxylation is 1. The van der Waals surface area contributed by atoms with Crippen LogP contribution in [0.3, 0.4) is 0 Å². The summed E-state index contributed by atoms with van der Waals surface area (Å²) in [6, 6.07) is 6.41. The maximum atomic E-state index is 4.57. The summed E-state index contributed by atoms with van der Waals surface area (Å²) in [5.74, 6) is 0. The van der Waals surface area contributed by atoms with Gasteiger partial charge in [0, 0.05) is 10.8 Å². The molecular weight excluding hydrogens is 190 g/mol. The molecule has 1 heterocycles. The summed E-state index contributed by atoms with van der Waals surface area (Å²) < 4.78 is 5.87. The van der Waals surface area contributed by atoms with Crippen LogP contribution in [-0.2, 0) is 5.41 Å². The summed E-state index contributed by atoms with van der Waals surface area (Å²) in [6.07, 6.45) is 0. The molecule has 0 aliphatic rings. The smallest absolute Gasteiger partial charge is 0.0676 e. The van der Waals surface area contributed by atoms with Crippen molar-refractivity contribution in [1.29, 1.82) is 0 Å². The molecule has 0 spiro atoms. The lowest BCUT2D eigenvalue weighted by Crippen LogP contribution is -2.11. The van der Waals surface area contributed by atoms with Crippen molar-refractivity contribution in [2.75, 3.05) is 0 Å². The molecule has 1 aromatic carbocycles. The Bertz CT molecular complexity index is 463. The molecule has 1 nitrogen and oxygen atoms in total. The van der Waals surface area contributed by atoms with Crippen molar-refractivity contribution in [3.63, 3.8) is 0 Å². The zero-order chi connectivity index (χ0) is 10.3. The highest BCUT2D eigenvalue weighted by Crippen LogP contribution is 2.33. The highest BCUT2D eigenvalue weighted by Gasteiger charge is 2.21. The van der Waals surface area contributed by atoms with Crippen LogP contribution < -0.4 is 0 Å². The van der Waals surface area contributed by atoms with Crippen LogP contribution in [0, 0.1) is 6.92 Å². The van der Waals surface area contributed by atoms with Crippen LogP contribution in [-0.4, -0.2) is 4.37 Å². The zero-order valence-corrected chi connectivity index (χ0v) is 9.90. The van der Waals surface area contributed by atoms with Crippen molar-refractivity contribution >= 4 is 21.6 Å². The molecule has 2 rings (SSSR count). The molecule has 2 aromatic rings. The standard InChI is InChI=1S/C12H15NS/c1-8-6-5-7-9-10(8)11(13-14-9)12(2,3)4/h5-7H,1-4H3. The first kappa shape index (κ1) is 9.66. The van der Waals surface area contributed by atoms with E-state index in [-0.39, 0.29) is 5.41 Å². The minimum absolute atomic E-state index is 0.143. The van der Waals surface area contributed by atoms with Gasteiger partial charge in [-0.1, -0.05) is 32.9 Å². The van der Waals surface area contributed by atoms with Crippen LogP contribution in [0.4, 0.5) is 0 Å². The number of benzene rings is 1. The highest BCUT2D eigenvalue weighted by molar-refractivity contribution is 7.13. The Morgan fingerprint density at radius 1 is 1.21 bits per heavy atom. The summed E-state index contributed by atoms with van der Waals surface area (Å²) in [7, 11) is 0. The molecule has 0 bridgehead atoms. The first-order valence-corrected chi connectivity index (χ1v) is 5.63. The summed E-state index contributed by atoms with van der Waals surface area (Å²) >= 11 is 1.60. The molecule has 1 aromatic heterocycles. The van der Waals surface area contributed by atoms with E-state index in [0.29, 0.717) is 0 Å². The molecule has 0 fully saturated rings. The third-order valence-corrected chi connectivity index (χ3v) is 3.23. The van der Waals surface area contributed by atoms with Crippen LogP contribution in [0.1, 0.15) is 32.0 Å². The summed E-state index contributed by atoms with van der Waals surface area (Å²) in [6.45, 7) is 8.81. The van der Waals surface area contributed by atoms with E-state index in [1.807, 2.05) is 0 Å². The van der Waals surface area contributed by atoms with Gasteiger partial charge in [-0.25, -0.2) is 0 Å². The molecule has 0 aliphatic carbocycles. The lowest BCUT2D eigenvalue weighted by molar-refractivity contribution is 0.581. The quantitative estimate of drug-likeness (QED) is 0.635. The predicted octanol–water partition coefficient (Wildman–Crippen LogP) is 3.90. The van der Waals surface area contributed by atoms with Crippen molar-refractivity contribution < 1.29 is 0 Å². The van der Waals surface area contributed by atoms with Gasteiger partial charge in [0.05, 0.1) is 10.4 Å². The second-order valence-electron chi connectivity index (χ2n) is 4.73. The molecule has 0 radical (unpaired) electrons. The van der Waals surface area contributed by atoms with E-state index < -0.39 is 0 Å². The number of hydrogen-bond acceptors (Lipinski definition) is 2. The van der Waals surface area contributed by atoms with Crippen LogP contribution >= 0.6 is 11.5 Å². The SMILES string of the molecule is Cc1cccc2snc(C(C)(C)C)c12. The Kier molecular flexibility index (Phi) is 2.11. The van der Waals surface area contributed by atoms with Gasteiger partial charge >= 0.3 is 0 Å². The fourth-order valence-corrected chi connectivity index (χ4v) is 2.72. The van der Waals surface area contributed by atoms with E-state index in [1.54, 1.807) is 11.5 Å². The van der Waals surface area contributed by atoms with Gasteiger partial charge in [0.25, 0.3) is 0 Å². The van der Waals surface area contributed by atoms with E-state index in [9.17, 15) is 0 Å². The minimum atomic E-state index is 0.143. The number of fused-ring (bicyclic) bond motifs is 1. The number of rotatable bonds is 0. The van der Waals surface area contributed by atoms with E-state index in [0.717, 1.165) is 0 Å². The van der Waals surface area contributed by atoms with Gasteiger partial charge < -0.3 is 0 Å². The van der Waals surface area contributed by atoms with Crippen LogP contribution in [0.5, 0.6) is 0 Å². The Morgan fingerprint density at radius 3 is 2.57 bits per heavy atom. The molecule has 0 saturated carbocycles. The van der Waals surface area contributed by atoms with Gasteiger partial charge in [-0.15, -0.1) is 0 Å². The predicted molar refractivity (Wildman–Crippen MR) is 63.1 cm³/mol. The second-order valence-corrected chi connectivity index (χ2v) is 5.53. The van der Waals surface area contributed by atoms with Gasteiger partial charge in [-0.3, -0.25) is 0 Å². The Labute approximate surface area is 88.9 Å². The van der Waals surface area contributed by atoms with Crippen molar-refractivity contribution in [1.82, 2.24) is 4.37 Å². The molecule has 0 aliphatic heterocycles. The first-order valence-electron chi connectivity index (χ1n) is 4.85. The van der Waals surface area contributed by atoms with Crippen LogP contribution in [0.25, 0.3) is 10.1 Å². The molecular formula is C12H15NS. The maximum Gasteiger partial charge on any atom is 0.0676 e. The third kappa shape index (κ3) is 1.44. The van der Waals surface area contributed by atoms with Gasteiger partial charge in [0.15, 0.2) is 0 Å². The third-order valence-electron chi connectivity index (χ3n) is 2.42. The maximum absolute atomic E-state index is 4.57. The molecule has 0 unspecified atom stereocenters. The van der Waals surface area contributed by atoms with Gasteiger partial charge in [0.1, 0.15) is 0 Å². The normalized spacial score (nSPS) is 12.3. The van der Waals surface area contributed by atoms with Gasteiger partial charge in [-0.2, -0.15) is 4.37 Å². The summed E-state index contributed by atoms with van der Waals surface area (Å²) in [5.41, 5.74) is 2.71. The Balaban J connectivity index is 2.80. The Morgan fingerprint density at radius 2 is 1.93 bits per heavy atom. The lowest BCUT2D eigenvalue weighted by atomic mass is 9.89. The number of hydrogen-bond donors (Lipinski definition) is 0. The monoisotopic (exact) mass is 205 g/mol. The number of aromatic nitrogens is 1. The van der Waals surface area contributed by atoms with Crippen molar-refractivity contribution in [3.8, 4) is 0 Å². The van der Waals surface area contributed by atoms with E-state index in [4.69, 9.17) is 0 Å². The van der Waals surface area contributed by atoms with E-state index >= 15 is 0 Å². The van der Waals surface area contributed by atoms with Gasteiger partial charge in [-0.05, 0) is 30.1 Å². The van der Waals surface area contributed by atoms with Crippen LogP contribution in [0.2, 0.25) is 0 Å². The molecule has 14 heavy (non-hydrogen) atoms. The molecule has 2 heteroatoms. The van der Waals surface area contributed by atoms with Gasteiger partial charge in [0.2, 0.25) is 0 Å². The highest BCUT2D eigenvalue weighted by atomic mass is 32.1. The molecule has 74 valence electrons. The zero-order valence-electron chi connectivity index (χ0n) is 9.09. The summed E-state index contributed by atoms with van der Waals surface area (Å²) in [4.78, 5) is 0.